The Morgan fingerprint density at radius 1 is 1.29 bits per heavy atom. The molecular weight excluding hydrogens is 268 g/mol. The van der Waals surface area contributed by atoms with Crippen LogP contribution in [-0.4, -0.2) is 32.2 Å². The molecule has 0 amide bonds. The highest BCUT2D eigenvalue weighted by Gasteiger charge is 2.20. The van der Waals surface area contributed by atoms with Crippen molar-refractivity contribution in [2.45, 2.75) is 13.0 Å². The smallest absolute Gasteiger partial charge is 0.224 e. The number of nitrogen functional groups attached to an aromatic ring is 2. The van der Waals surface area contributed by atoms with Gasteiger partial charge >= 0.3 is 0 Å². The molecule has 1 unspecified atom stereocenters. The quantitative estimate of drug-likeness (QED) is 0.658. The number of pyridine rings is 1. The molecule has 21 heavy (non-hydrogen) atoms. The molecule has 1 atom stereocenters. The van der Waals surface area contributed by atoms with E-state index in [1.807, 2.05) is 31.0 Å². The lowest BCUT2D eigenvalue weighted by Gasteiger charge is -2.27. The summed E-state index contributed by atoms with van der Waals surface area (Å²) >= 11 is 0. The summed E-state index contributed by atoms with van der Waals surface area (Å²) in [6.45, 7) is 2.03. The normalized spacial score (nSPS) is 12.5. The van der Waals surface area contributed by atoms with Crippen molar-refractivity contribution >= 4 is 28.6 Å². The molecule has 0 saturated carbocycles. The van der Waals surface area contributed by atoms with E-state index in [2.05, 4.69) is 25.1 Å². The largest absolute Gasteiger partial charge is 0.383 e. The van der Waals surface area contributed by atoms with E-state index in [0.717, 1.165) is 10.9 Å². The minimum atomic E-state index is -0.0221. The van der Waals surface area contributed by atoms with Gasteiger partial charge in [-0.3, -0.25) is 5.10 Å². The maximum Gasteiger partial charge on any atom is 0.224 e. The first kappa shape index (κ1) is 13.1. The Kier molecular flexibility index (Phi) is 3.05. The summed E-state index contributed by atoms with van der Waals surface area (Å²) in [5.74, 6) is 1.39. The van der Waals surface area contributed by atoms with Crippen molar-refractivity contribution in [2.75, 3.05) is 23.4 Å². The lowest BCUT2D eigenvalue weighted by Crippen LogP contribution is -2.24. The van der Waals surface area contributed by atoms with Crippen LogP contribution in [-0.2, 0) is 0 Å². The van der Waals surface area contributed by atoms with E-state index in [1.54, 1.807) is 12.4 Å². The van der Waals surface area contributed by atoms with Gasteiger partial charge in [0, 0.05) is 18.8 Å². The molecule has 0 aromatic carbocycles. The van der Waals surface area contributed by atoms with E-state index >= 15 is 0 Å². The maximum atomic E-state index is 5.95. The average Bonchev–Trinajstić information content (AvgIpc) is 2.93. The number of rotatable bonds is 3. The second-order valence-electron chi connectivity index (χ2n) is 4.80. The van der Waals surface area contributed by atoms with Crippen molar-refractivity contribution in [3.63, 3.8) is 0 Å². The van der Waals surface area contributed by atoms with Crippen LogP contribution in [0.4, 0.5) is 17.6 Å². The molecule has 3 heterocycles. The van der Waals surface area contributed by atoms with Crippen molar-refractivity contribution < 1.29 is 0 Å². The summed E-state index contributed by atoms with van der Waals surface area (Å²) in [5.41, 5.74) is 13.2. The fraction of sp³-hybridized carbons (Fsp3) is 0.231. The summed E-state index contributed by atoms with van der Waals surface area (Å²) in [4.78, 5) is 14.5. The van der Waals surface area contributed by atoms with Gasteiger partial charge in [-0.25, -0.2) is 4.98 Å². The van der Waals surface area contributed by atoms with Gasteiger partial charge in [0.2, 0.25) is 5.95 Å². The summed E-state index contributed by atoms with van der Waals surface area (Å²) in [5, 5.41) is 7.60. The molecule has 3 aromatic heterocycles. The number of H-pyrrole nitrogens is 1. The zero-order valence-electron chi connectivity index (χ0n) is 11.8. The Balaban J connectivity index is 2.06. The number of nitrogens with one attached hydrogen (secondary N) is 1. The first-order valence-corrected chi connectivity index (χ1v) is 6.47. The van der Waals surface area contributed by atoms with Gasteiger partial charge in [0.1, 0.15) is 11.6 Å². The molecule has 3 aromatic rings. The fourth-order valence-corrected chi connectivity index (χ4v) is 2.28. The van der Waals surface area contributed by atoms with Crippen LogP contribution in [0.1, 0.15) is 18.5 Å². The van der Waals surface area contributed by atoms with E-state index in [0.29, 0.717) is 17.3 Å². The summed E-state index contributed by atoms with van der Waals surface area (Å²) in [7, 11) is 1.92. The Hall–Kier alpha value is -2.90. The number of hydrogen-bond acceptors (Lipinski definition) is 7. The number of aromatic amines is 1. The lowest BCUT2D eigenvalue weighted by molar-refractivity contribution is 0.731. The van der Waals surface area contributed by atoms with E-state index < -0.39 is 0 Å². The van der Waals surface area contributed by atoms with Gasteiger partial charge in [-0.2, -0.15) is 15.1 Å². The van der Waals surface area contributed by atoms with Crippen LogP contribution < -0.4 is 16.4 Å². The number of nitrogens with zero attached hydrogens (tertiary/aromatic N) is 5. The first-order valence-electron chi connectivity index (χ1n) is 6.47. The molecule has 0 aliphatic carbocycles. The molecule has 0 aliphatic heterocycles. The van der Waals surface area contributed by atoms with E-state index in [-0.39, 0.29) is 12.0 Å². The highest BCUT2D eigenvalue weighted by Crippen LogP contribution is 2.30. The van der Waals surface area contributed by atoms with Crippen LogP contribution in [0.15, 0.2) is 24.5 Å². The van der Waals surface area contributed by atoms with Gasteiger partial charge in [-0.1, -0.05) is 6.07 Å². The molecule has 3 rings (SSSR count). The number of fused-ring (bicyclic) bond motifs is 1. The SMILES string of the molecule is CC(c1cccnc1N)N(C)c1nc(N)nc2[nH]ncc12. The first-order chi connectivity index (χ1) is 10.1. The average molecular weight is 284 g/mol. The zero-order chi connectivity index (χ0) is 15.0. The van der Waals surface area contributed by atoms with Crippen LogP contribution in [0.25, 0.3) is 11.0 Å². The number of hydrogen-bond donors (Lipinski definition) is 3. The molecule has 5 N–H and O–H groups in total. The van der Waals surface area contributed by atoms with Gasteiger partial charge in [-0.05, 0) is 13.0 Å². The maximum absolute atomic E-state index is 5.95. The summed E-state index contributed by atoms with van der Waals surface area (Å²) in [6.07, 6.45) is 3.35. The predicted molar refractivity (Wildman–Crippen MR) is 81.6 cm³/mol. The van der Waals surface area contributed by atoms with E-state index in [1.165, 1.54) is 0 Å². The van der Waals surface area contributed by atoms with Crippen LogP contribution in [0.2, 0.25) is 0 Å². The van der Waals surface area contributed by atoms with Crippen molar-refractivity contribution in [1.29, 1.82) is 0 Å². The van der Waals surface area contributed by atoms with E-state index in [4.69, 9.17) is 11.5 Å². The topological polar surface area (TPSA) is 123 Å². The van der Waals surface area contributed by atoms with Crippen molar-refractivity contribution in [3.05, 3.63) is 30.1 Å². The third kappa shape index (κ3) is 2.20. The molecule has 0 aliphatic rings. The molecule has 0 radical (unpaired) electrons. The fourth-order valence-electron chi connectivity index (χ4n) is 2.28. The lowest BCUT2D eigenvalue weighted by atomic mass is 10.1. The summed E-state index contributed by atoms with van der Waals surface area (Å²) < 4.78 is 0. The second kappa shape index (κ2) is 4.89. The monoisotopic (exact) mass is 284 g/mol. The van der Waals surface area contributed by atoms with Gasteiger partial charge in [0.05, 0.1) is 17.6 Å². The third-order valence-electron chi connectivity index (χ3n) is 3.54. The Labute approximate surface area is 121 Å². The van der Waals surface area contributed by atoms with Crippen molar-refractivity contribution in [2.24, 2.45) is 0 Å². The molecule has 0 spiro atoms. The van der Waals surface area contributed by atoms with Crippen LogP contribution in [0.5, 0.6) is 0 Å². The van der Waals surface area contributed by atoms with E-state index in [9.17, 15) is 0 Å². The zero-order valence-corrected chi connectivity index (χ0v) is 11.8. The Morgan fingerprint density at radius 2 is 2.10 bits per heavy atom. The molecule has 0 fully saturated rings. The van der Waals surface area contributed by atoms with Gasteiger partial charge in [0.15, 0.2) is 5.65 Å². The minimum Gasteiger partial charge on any atom is -0.383 e. The molecule has 108 valence electrons. The molecule has 0 bridgehead atoms. The third-order valence-corrected chi connectivity index (χ3v) is 3.54. The minimum absolute atomic E-state index is 0.0221. The molecular formula is C13H16N8. The second-order valence-corrected chi connectivity index (χ2v) is 4.80. The Bertz CT molecular complexity index is 781. The Morgan fingerprint density at radius 3 is 2.86 bits per heavy atom. The molecule has 8 heteroatoms. The van der Waals surface area contributed by atoms with Gasteiger partial charge < -0.3 is 16.4 Å². The number of anilines is 3. The van der Waals surface area contributed by atoms with Crippen LogP contribution >= 0.6 is 0 Å². The highest BCUT2D eigenvalue weighted by atomic mass is 15.2. The van der Waals surface area contributed by atoms with Gasteiger partial charge in [0.25, 0.3) is 0 Å². The predicted octanol–water partition coefficient (Wildman–Crippen LogP) is 1.11. The number of aromatic nitrogens is 5. The van der Waals surface area contributed by atoms with Crippen LogP contribution in [0, 0.1) is 0 Å². The highest BCUT2D eigenvalue weighted by molar-refractivity contribution is 5.87. The number of nitrogens with two attached hydrogens (primary N) is 2. The van der Waals surface area contributed by atoms with Crippen LogP contribution in [0.3, 0.4) is 0 Å². The summed E-state index contributed by atoms with van der Waals surface area (Å²) in [6, 6.07) is 3.78. The molecule has 0 saturated heterocycles. The standard InChI is InChI=1S/C13H16N8/c1-7(8-4-3-5-16-10(8)14)21(2)12-9-6-17-20-11(9)18-13(15)19-12/h3-7H,1-2H3,(H2,14,16)(H3,15,17,18,19,20). The van der Waals surface area contributed by atoms with Crippen molar-refractivity contribution in [3.8, 4) is 0 Å². The molecule has 8 nitrogen and oxygen atoms in total. The van der Waals surface area contributed by atoms with Gasteiger partial charge in [-0.15, -0.1) is 0 Å². The van der Waals surface area contributed by atoms with Crippen molar-refractivity contribution in [1.82, 2.24) is 25.1 Å².